The van der Waals surface area contributed by atoms with Crippen molar-refractivity contribution in [2.75, 3.05) is 11.9 Å². The molecule has 1 aliphatic heterocycles. The molecule has 2 aromatic carbocycles. The van der Waals surface area contributed by atoms with Gasteiger partial charge in [0.1, 0.15) is 5.01 Å². The first-order valence-electron chi connectivity index (χ1n) is 9.29. The lowest BCUT2D eigenvalue weighted by Gasteiger charge is -2.22. The zero-order chi connectivity index (χ0) is 20.4. The number of nitrogens with one attached hydrogen (secondary N) is 1. The van der Waals surface area contributed by atoms with Gasteiger partial charge in [-0.25, -0.2) is 0 Å². The third kappa shape index (κ3) is 4.38. The number of aryl methyl sites for hydroxylation is 1. The second kappa shape index (κ2) is 8.42. The van der Waals surface area contributed by atoms with Gasteiger partial charge in [-0.2, -0.15) is 0 Å². The summed E-state index contributed by atoms with van der Waals surface area (Å²) in [5.41, 5.74) is 2.48. The van der Waals surface area contributed by atoms with Crippen molar-refractivity contribution in [3.8, 4) is 0 Å². The van der Waals surface area contributed by atoms with Crippen molar-refractivity contribution in [3.05, 3.63) is 74.1 Å². The minimum atomic E-state index is -0.290. The van der Waals surface area contributed by atoms with Gasteiger partial charge in [0.15, 0.2) is 0 Å². The van der Waals surface area contributed by atoms with Gasteiger partial charge in [0, 0.05) is 22.3 Å². The predicted octanol–water partition coefficient (Wildman–Crippen LogP) is 4.84. The Morgan fingerprint density at radius 1 is 1.10 bits per heavy atom. The molecule has 0 radical (unpaired) electrons. The van der Waals surface area contributed by atoms with Crippen molar-refractivity contribution >= 4 is 44.8 Å². The highest BCUT2D eigenvalue weighted by Gasteiger charge is 2.33. The zero-order valence-corrected chi connectivity index (χ0v) is 18.2. The van der Waals surface area contributed by atoms with E-state index in [1.165, 1.54) is 11.3 Å². The number of rotatable bonds is 4. The summed E-state index contributed by atoms with van der Waals surface area (Å²) in [5.74, 6) is -0.317. The monoisotopic (exact) mass is 470 g/mol. The highest BCUT2D eigenvalue weighted by Crippen LogP contribution is 2.35. The van der Waals surface area contributed by atoms with E-state index in [1.54, 1.807) is 0 Å². The van der Waals surface area contributed by atoms with Gasteiger partial charge in [0.05, 0.1) is 6.04 Å². The first kappa shape index (κ1) is 19.7. The average Bonchev–Trinajstić information content (AvgIpc) is 3.39. The maximum Gasteiger partial charge on any atom is 0.286 e. The standard InChI is InChI=1S/C21H19BrN4O2S/c1-13-4-10-16(11-5-13)23-18(27)20-25-24-19(29-20)17-3-2-12-26(17)21(28)14-6-8-15(22)9-7-14/h4-11,17H,2-3,12H2,1H3,(H,23,27)/t17-/m0/s1. The van der Waals surface area contributed by atoms with Crippen LogP contribution in [0, 0.1) is 6.92 Å². The molecule has 0 bridgehead atoms. The molecular weight excluding hydrogens is 452 g/mol. The Balaban J connectivity index is 1.49. The summed E-state index contributed by atoms with van der Waals surface area (Å²) in [6.45, 7) is 2.66. The molecule has 3 aromatic rings. The molecule has 1 aromatic heterocycles. The van der Waals surface area contributed by atoms with Gasteiger partial charge in [-0.05, 0) is 56.2 Å². The first-order valence-corrected chi connectivity index (χ1v) is 10.9. The number of hydrogen-bond donors (Lipinski definition) is 1. The molecule has 0 unspecified atom stereocenters. The molecule has 1 atom stereocenters. The van der Waals surface area contributed by atoms with E-state index in [9.17, 15) is 9.59 Å². The quantitative estimate of drug-likeness (QED) is 0.591. The molecule has 1 aliphatic rings. The van der Waals surface area contributed by atoms with Gasteiger partial charge < -0.3 is 10.2 Å². The number of carbonyl (C=O) groups is 2. The van der Waals surface area contributed by atoms with E-state index < -0.39 is 0 Å². The van der Waals surface area contributed by atoms with Crippen LogP contribution < -0.4 is 5.32 Å². The highest BCUT2D eigenvalue weighted by molar-refractivity contribution is 9.10. The molecule has 1 fully saturated rings. The Kier molecular flexibility index (Phi) is 5.73. The van der Waals surface area contributed by atoms with E-state index in [0.717, 1.165) is 22.9 Å². The van der Waals surface area contributed by atoms with E-state index in [4.69, 9.17) is 0 Å². The molecule has 1 N–H and O–H groups in total. The van der Waals surface area contributed by atoms with Crippen molar-refractivity contribution in [1.82, 2.24) is 15.1 Å². The fourth-order valence-electron chi connectivity index (χ4n) is 3.31. The second-order valence-corrected chi connectivity index (χ2v) is 8.85. The van der Waals surface area contributed by atoms with Crippen LogP contribution in [0.4, 0.5) is 5.69 Å². The number of carbonyl (C=O) groups excluding carboxylic acids is 2. The van der Waals surface area contributed by atoms with E-state index >= 15 is 0 Å². The number of nitrogens with zero attached hydrogens (tertiary/aromatic N) is 3. The lowest BCUT2D eigenvalue weighted by atomic mass is 10.2. The lowest BCUT2D eigenvalue weighted by molar-refractivity contribution is 0.0735. The molecule has 1 saturated heterocycles. The minimum Gasteiger partial charge on any atom is -0.329 e. The maximum absolute atomic E-state index is 12.9. The number of benzene rings is 2. The van der Waals surface area contributed by atoms with Crippen LogP contribution in [-0.4, -0.2) is 33.5 Å². The number of likely N-dealkylation sites (tertiary alicyclic amines) is 1. The topological polar surface area (TPSA) is 75.2 Å². The van der Waals surface area contributed by atoms with E-state index in [2.05, 4.69) is 31.4 Å². The van der Waals surface area contributed by atoms with Crippen LogP contribution in [-0.2, 0) is 0 Å². The summed E-state index contributed by atoms with van der Waals surface area (Å²) >= 11 is 4.63. The van der Waals surface area contributed by atoms with Gasteiger partial charge in [-0.3, -0.25) is 9.59 Å². The SMILES string of the molecule is Cc1ccc(NC(=O)c2nnc([C@@H]3CCCN3C(=O)c3ccc(Br)cc3)s2)cc1. The number of hydrogen-bond acceptors (Lipinski definition) is 5. The van der Waals surface area contributed by atoms with E-state index in [0.29, 0.717) is 27.8 Å². The molecule has 2 heterocycles. The van der Waals surface area contributed by atoms with Crippen molar-refractivity contribution in [1.29, 1.82) is 0 Å². The first-order chi connectivity index (χ1) is 14.0. The van der Waals surface area contributed by atoms with Crippen LogP contribution in [0.5, 0.6) is 0 Å². The molecule has 6 nitrogen and oxygen atoms in total. The summed E-state index contributed by atoms with van der Waals surface area (Å²) in [7, 11) is 0. The molecule has 0 spiro atoms. The minimum absolute atomic E-state index is 0.0270. The molecule has 0 aliphatic carbocycles. The normalized spacial score (nSPS) is 16.1. The van der Waals surface area contributed by atoms with Crippen molar-refractivity contribution < 1.29 is 9.59 Å². The van der Waals surface area contributed by atoms with E-state index in [-0.39, 0.29) is 17.9 Å². The molecule has 2 amide bonds. The Morgan fingerprint density at radius 3 is 2.55 bits per heavy atom. The Labute approximate surface area is 181 Å². The number of aromatic nitrogens is 2. The summed E-state index contributed by atoms with van der Waals surface area (Å²) < 4.78 is 0.931. The van der Waals surface area contributed by atoms with Crippen molar-refractivity contribution in [2.24, 2.45) is 0 Å². The summed E-state index contributed by atoms with van der Waals surface area (Å²) in [4.78, 5) is 27.3. The summed E-state index contributed by atoms with van der Waals surface area (Å²) in [6.07, 6.45) is 1.72. The lowest BCUT2D eigenvalue weighted by Crippen LogP contribution is -2.30. The Hall–Kier alpha value is -2.58. The fourth-order valence-corrected chi connectivity index (χ4v) is 4.46. The van der Waals surface area contributed by atoms with Gasteiger partial charge in [0.25, 0.3) is 11.8 Å². The summed E-state index contributed by atoms with van der Waals surface area (Å²) in [5, 5.41) is 12.1. The average molecular weight is 471 g/mol. The van der Waals surface area contributed by atoms with E-state index in [1.807, 2.05) is 60.4 Å². The smallest absolute Gasteiger partial charge is 0.286 e. The zero-order valence-electron chi connectivity index (χ0n) is 15.8. The van der Waals surface area contributed by atoms with Gasteiger partial charge in [0.2, 0.25) is 5.01 Å². The molecule has 0 saturated carbocycles. The third-order valence-electron chi connectivity index (χ3n) is 4.83. The van der Waals surface area contributed by atoms with Crippen LogP contribution in [0.15, 0.2) is 53.0 Å². The van der Waals surface area contributed by atoms with Crippen LogP contribution in [0.25, 0.3) is 0 Å². The van der Waals surface area contributed by atoms with Crippen molar-refractivity contribution in [3.63, 3.8) is 0 Å². The molecule has 148 valence electrons. The van der Waals surface area contributed by atoms with Crippen LogP contribution in [0.2, 0.25) is 0 Å². The van der Waals surface area contributed by atoms with Gasteiger partial charge >= 0.3 is 0 Å². The molecule has 29 heavy (non-hydrogen) atoms. The van der Waals surface area contributed by atoms with Gasteiger partial charge in [-0.1, -0.05) is 45.0 Å². The second-order valence-electron chi connectivity index (χ2n) is 6.93. The van der Waals surface area contributed by atoms with Gasteiger partial charge in [-0.15, -0.1) is 10.2 Å². The highest BCUT2D eigenvalue weighted by atomic mass is 79.9. The van der Waals surface area contributed by atoms with Crippen LogP contribution >= 0.6 is 27.3 Å². The molecule has 8 heteroatoms. The van der Waals surface area contributed by atoms with Crippen LogP contribution in [0.3, 0.4) is 0 Å². The summed E-state index contributed by atoms with van der Waals surface area (Å²) in [6, 6.07) is 14.8. The maximum atomic E-state index is 12.9. The fraction of sp³-hybridized carbons (Fsp3) is 0.238. The Bertz CT molecular complexity index is 1030. The number of anilines is 1. The number of halogens is 1. The largest absolute Gasteiger partial charge is 0.329 e. The van der Waals surface area contributed by atoms with Crippen LogP contribution in [0.1, 0.15) is 49.6 Å². The Morgan fingerprint density at radius 2 is 1.83 bits per heavy atom. The van der Waals surface area contributed by atoms with Crippen molar-refractivity contribution in [2.45, 2.75) is 25.8 Å². The molecule has 4 rings (SSSR count). The predicted molar refractivity (Wildman–Crippen MR) is 116 cm³/mol. The third-order valence-corrected chi connectivity index (χ3v) is 6.39. The number of amides is 2. The molecular formula is C21H19BrN4O2S.